The number of carbonyl (C=O) groups excluding carboxylic acids is 1. The fraction of sp³-hybridized carbons (Fsp3) is 0.120. The minimum Gasteiger partial charge on any atom is -0.450 e. The Morgan fingerprint density at radius 1 is 1.11 bits per heavy atom. The largest absolute Gasteiger partial charge is 0.450 e. The third kappa shape index (κ3) is 5.19. The molecular weight excluding hydrogens is 500 g/mol. The average Bonchev–Trinajstić information content (AvgIpc) is 2.86. The maximum Gasteiger partial charge on any atom is 0.416 e. The zero-order valence-corrected chi connectivity index (χ0v) is 19.4. The third-order valence-corrected chi connectivity index (χ3v) is 5.69. The fourth-order valence-corrected chi connectivity index (χ4v) is 3.75. The van der Waals surface area contributed by atoms with E-state index in [1.807, 2.05) is 6.08 Å². The molecule has 6 nitrogen and oxygen atoms in total. The number of likely N-dealkylation sites (N-methyl/N-ethyl adjacent to an activating group) is 1. The van der Waals surface area contributed by atoms with Crippen LogP contribution in [0, 0.1) is 5.82 Å². The zero-order chi connectivity index (χ0) is 25.9. The van der Waals surface area contributed by atoms with Crippen molar-refractivity contribution < 1.29 is 27.1 Å². The minimum atomic E-state index is -4.74. The van der Waals surface area contributed by atoms with Crippen LogP contribution >= 0.6 is 11.6 Å². The highest BCUT2D eigenvalue weighted by atomic mass is 35.5. The summed E-state index contributed by atoms with van der Waals surface area (Å²) in [7, 11) is 1.68. The smallest absolute Gasteiger partial charge is 0.416 e. The maximum absolute atomic E-state index is 14.2. The Bertz CT molecular complexity index is 1350. The monoisotopic (exact) mass is 518 g/mol. The van der Waals surface area contributed by atoms with Crippen molar-refractivity contribution in [3.63, 3.8) is 0 Å². The van der Waals surface area contributed by atoms with E-state index in [4.69, 9.17) is 16.3 Å². The van der Waals surface area contributed by atoms with Crippen LogP contribution in [0.3, 0.4) is 0 Å². The zero-order valence-electron chi connectivity index (χ0n) is 18.7. The first-order valence-electron chi connectivity index (χ1n) is 10.5. The highest BCUT2D eigenvalue weighted by Crippen LogP contribution is 2.34. The summed E-state index contributed by atoms with van der Waals surface area (Å²) >= 11 is 6.20. The van der Waals surface area contributed by atoms with Crippen molar-refractivity contribution in [1.82, 2.24) is 15.6 Å². The molecule has 0 fully saturated rings. The van der Waals surface area contributed by atoms with Crippen LogP contribution in [0.2, 0.25) is 5.02 Å². The molecule has 0 spiro atoms. The van der Waals surface area contributed by atoms with Gasteiger partial charge in [0.15, 0.2) is 0 Å². The standard InChI is InChI=1S/C25H19ClF4N4O2/c1-31-25(19(3-2-10-33-25)15-8-11-32-12-9-15)36-17-5-6-20(26)22(14-17)34-23(35)18-13-16(24(28,29)30)4-7-21(18)27/h2-14,31,33H,1H3,(H,34,35). The Labute approximate surface area is 208 Å². The Hall–Kier alpha value is -3.89. The second-order valence-corrected chi connectivity index (χ2v) is 8.05. The number of nitrogens with zero attached hydrogens (tertiary/aromatic N) is 1. The molecule has 0 radical (unpaired) electrons. The van der Waals surface area contributed by atoms with Gasteiger partial charge >= 0.3 is 6.18 Å². The summed E-state index contributed by atoms with van der Waals surface area (Å²) in [5.74, 6) is -3.19. The van der Waals surface area contributed by atoms with Crippen molar-refractivity contribution in [3.8, 4) is 5.75 Å². The first-order valence-corrected chi connectivity index (χ1v) is 10.9. The van der Waals surface area contributed by atoms with Gasteiger partial charge in [-0.2, -0.15) is 13.2 Å². The number of hydrogen-bond acceptors (Lipinski definition) is 5. The van der Waals surface area contributed by atoms with Crippen molar-refractivity contribution in [3.05, 3.63) is 107 Å². The SMILES string of the molecule is CNC1(Oc2ccc(Cl)c(NC(=O)c3cc(C(F)(F)F)ccc3F)c2)NC=CC=C1c1ccncc1. The van der Waals surface area contributed by atoms with Crippen molar-refractivity contribution in [2.75, 3.05) is 12.4 Å². The predicted molar refractivity (Wildman–Crippen MR) is 128 cm³/mol. The molecule has 0 saturated carbocycles. The van der Waals surface area contributed by atoms with Crippen LogP contribution in [0.15, 0.2) is 79.3 Å². The molecule has 2 heterocycles. The van der Waals surface area contributed by atoms with Gasteiger partial charge in [0.05, 0.1) is 21.8 Å². The van der Waals surface area contributed by atoms with Gasteiger partial charge in [-0.1, -0.05) is 11.6 Å². The number of alkyl halides is 3. The van der Waals surface area contributed by atoms with Gasteiger partial charge in [-0.3, -0.25) is 15.1 Å². The van der Waals surface area contributed by atoms with Crippen molar-refractivity contribution in [2.24, 2.45) is 0 Å². The van der Waals surface area contributed by atoms with Gasteiger partial charge in [0.1, 0.15) is 11.6 Å². The molecule has 0 bridgehead atoms. The quantitative estimate of drug-likeness (QED) is 0.293. The van der Waals surface area contributed by atoms with Gasteiger partial charge in [-0.05, 0) is 67.2 Å². The van der Waals surface area contributed by atoms with Gasteiger partial charge in [-0.25, -0.2) is 4.39 Å². The number of carbonyl (C=O) groups is 1. The lowest BCUT2D eigenvalue weighted by atomic mass is 9.99. The molecule has 1 aliphatic rings. The molecule has 2 aromatic carbocycles. The topological polar surface area (TPSA) is 75.3 Å². The summed E-state index contributed by atoms with van der Waals surface area (Å²) < 4.78 is 59.5. The molecule has 36 heavy (non-hydrogen) atoms. The van der Waals surface area contributed by atoms with E-state index in [1.54, 1.807) is 49.9 Å². The van der Waals surface area contributed by atoms with Crippen LogP contribution in [0.4, 0.5) is 23.2 Å². The Morgan fingerprint density at radius 3 is 2.56 bits per heavy atom. The van der Waals surface area contributed by atoms with Crippen LogP contribution in [0.1, 0.15) is 21.5 Å². The third-order valence-electron chi connectivity index (χ3n) is 5.36. The number of benzene rings is 2. The number of aromatic nitrogens is 1. The molecule has 186 valence electrons. The summed E-state index contributed by atoms with van der Waals surface area (Å²) in [6.45, 7) is 0. The Kier molecular flexibility index (Phi) is 7.00. The molecule has 11 heteroatoms. The van der Waals surface area contributed by atoms with Crippen LogP contribution in [0.25, 0.3) is 5.57 Å². The van der Waals surface area contributed by atoms with Gasteiger partial charge in [0, 0.05) is 30.2 Å². The molecular formula is C25H19ClF4N4O2. The number of amides is 1. The number of nitrogens with one attached hydrogen (secondary N) is 3. The first kappa shape index (κ1) is 25.2. The summed E-state index contributed by atoms with van der Waals surface area (Å²) in [5, 5.41) is 8.66. The van der Waals surface area contributed by atoms with Gasteiger partial charge in [0.25, 0.3) is 11.8 Å². The van der Waals surface area contributed by atoms with Gasteiger partial charge in [-0.15, -0.1) is 0 Å². The van der Waals surface area contributed by atoms with Gasteiger partial charge < -0.3 is 15.4 Å². The van der Waals surface area contributed by atoms with Crippen molar-refractivity contribution in [1.29, 1.82) is 0 Å². The predicted octanol–water partition coefficient (Wildman–Crippen LogP) is 5.60. The number of pyridine rings is 1. The van der Waals surface area contributed by atoms with E-state index in [2.05, 4.69) is 20.9 Å². The Balaban J connectivity index is 1.63. The van der Waals surface area contributed by atoms with Crippen LogP contribution < -0.4 is 20.7 Å². The molecule has 3 aromatic rings. The van der Waals surface area contributed by atoms with E-state index in [0.29, 0.717) is 18.2 Å². The summed E-state index contributed by atoms with van der Waals surface area (Å²) in [5.41, 5.74) is -0.371. The lowest BCUT2D eigenvalue weighted by Crippen LogP contribution is -2.59. The van der Waals surface area contributed by atoms with Crippen LogP contribution in [-0.4, -0.2) is 23.8 Å². The van der Waals surface area contributed by atoms with E-state index in [1.165, 1.54) is 12.1 Å². The van der Waals surface area contributed by atoms with Crippen molar-refractivity contribution >= 4 is 28.8 Å². The second-order valence-electron chi connectivity index (χ2n) is 7.64. The normalized spacial score (nSPS) is 17.2. The van der Waals surface area contributed by atoms with E-state index in [0.717, 1.165) is 11.1 Å². The second kappa shape index (κ2) is 10.00. The number of ether oxygens (including phenoxy) is 1. The summed E-state index contributed by atoms with van der Waals surface area (Å²) in [4.78, 5) is 16.7. The average molecular weight is 519 g/mol. The van der Waals surface area contributed by atoms with Crippen LogP contribution in [0.5, 0.6) is 5.75 Å². The van der Waals surface area contributed by atoms with Crippen LogP contribution in [-0.2, 0) is 6.18 Å². The molecule has 1 atom stereocenters. The summed E-state index contributed by atoms with van der Waals surface area (Å²) in [6, 6.07) is 9.57. The summed E-state index contributed by atoms with van der Waals surface area (Å²) in [6.07, 6.45) is 3.85. The maximum atomic E-state index is 14.2. The number of dihydropyridines is 1. The first-order chi connectivity index (χ1) is 17.1. The lowest BCUT2D eigenvalue weighted by Gasteiger charge is -2.38. The molecule has 4 rings (SSSR count). The number of allylic oxidation sites excluding steroid dienone is 2. The number of rotatable bonds is 6. The number of halogens is 5. The minimum absolute atomic E-state index is 0.0167. The van der Waals surface area contributed by atoms with E-state index >= 15 is 0 Å². The fourth-order valence-electron chi connectivity index (χ4n) is 3.58. The number of hydrogen-bond donors (Lipinski definition) is 3. The highest BCUT2D eigenvalue weighted by Gasteiger charge is 2.37. The highest BCUT2D eigenvalue weighted by molar-refractivity contribution is 6.34. The number of anilines is 1. The van der Waals surface area contributed by atoms with E-state index in [-0.39, 0.29) is 16.5 Å². The van der Waals surface area contributed by atoms with Crippen molar-refractivity contribution in [2.45, 2.75) is 12.0 Å². The molecule has 1 amide bonds. The molecule has 1 aromatic heterocycles. The lowest BCUT2D eigenvalue weighted by molar-refractivity contribution is -0.137. The molecule has 1 aliphatic heterocycles. The van der Waals surface area contributed by atoms with E-state index in [9.17, 15) is 22.4 Å². The molecule has 0 aliphatic carbocycles. The Morgan fingerprint density at radius 2 is 1.86 bits per heavy atom. The van der Waals surface area contributed by atoms with E-state index < -0.39 is 34.9 Å². The van der Waals surface area contributed by atoms with Gasteiger partial charge in [0.2, 0.25) is 0 Å². The molecule has 3 N–H and O–H groups in total. The molecule has 0 saturated heterocycles. The molecule has 1 unspecified atom stereocenters.